The molecule has 3 N–H and O–H groups in total. The van der Waals surface area contributed by atoms with Crippen LogP contribution in [-0.4, -0.2) is 63.6 Å². The highest BCUT2D eigenvalue weighted by Gasteiger charge is 2.49. The molecule has 0 radical (unpaired) electrons. The number of likely N-dealkylation sites (tertiary alicyclic amines) is 1. The van der Waals surface area contributed by atoms with Crippen molar-refractivity contribution in [3.05, 3.63) is 0 Å². The van der Waals surface area contributed by atoms with Gasteiger partial charge in [0.05, 0.1) is 17.6 Å². The average molecular weight is 314 g/mol. The summed E-state index contributed by atoms with van der Waals surface area (Å²) < 4.78 is 5.28. The Morgan fingerprint density at radius 2 is 1.86 bits per heavy atom. The van der Waals surface area contributed by atoms with E-state index >= 15 is 0 Å². The number of aliphatic carboxylic acids is 1. The second-order valence-electron chi connectivity index (χ2n) is 7.62. The Hall–Kier alpha value is -1.34. The molecular weight excluding hydrogens is 288 g/mol. The number of hydrogen-bond acceptors (Lipinski definition) is 5. The second kappa shape index (κ2) is 5.70. The molecule has 22 heavy (non-hydrogen) atoms. The Balaban J connectivity index is 1.90. The average Bonchev–Trinajstić information content (AvgIpc) is 2.26. The summed E-state index contributed by atoms with van der Waals surface area (Å²) in [6, 6.07) is 0. The summed E-state index contributed by atoms with van der Waals surface area (Å²) in [6.07, 6.45) is 1.95. The van der Waals surface area contributed by atoms with E-state index in [4.69, 9.17) is 9.84 Å². The summed E-state index contributed by atoms with van der Waals surface area (Å²) in [7, 11) is 0. The molecule has 1 saturated heterocycles. The van der Waals surface area contributed by atoms with Gasteiger partial charge in [0.1, 0.15) is 5.60 Å². The highest BCUT2D eigenvalue weighted by molar-refractivity contribution is 5.73. The van der Waals surface area contributed by atoms with E-state index in [1.54, 1.807) is 20.8 Å². The zero-order valence-corrected chi connectivity index (χ0v) is 13.5. The molecule has 0 bridgehead atoms. The largest absolute Gasteiger partial charge is 0.481 e. The van der Waals surface area contributed by atoms with Gasteiger partial charge in [-0.15, -0.1) is 0 Å². The molecule has 0 aromatic heterocycles. The summed E-state index contributed by atoms with van der Waals surface area (Å²) in [6.45, 7) is 6.30. The predicted molar refractivity (Wildman–Crippen MR) is 79.6 cm³/mol. The van der Waals surface area contributed by atoms with Crippen LogP contribution in [0.25, 0.3) is 0 Å². The fourth-order valence-electron chi connectivity index (χ4n) is 2.83. The third-order valence-corrected chi connectivity index (χ3v) is 4.21. The number of nitrogens with one attached hydrogen (secondary N) is 1. The third kappa shape index (κ3) is 4.10. The number of aliphatic hydroxyl groups is 1. The van der Waals surface area contributed by atoms with Crippen molar-refractivity contribution < 1.29 is 24.5 Å². The fraction of sp³-hybridized carbons (Fsp3) is 0.867. The first-order valence-electron chi connectivity index (χ1n) is 7.70. The highest BCUT2D eigenvalue weighted by atomic mass is 16.6. The van der Waals surface area contributed by atoms with Crippen molar-refractivity contribution in [1.82, 2.24) is 10.2 Å². The molecule has 2 fully saturated rings. The molecule has 0 spiro atoms. The van der Waals surface area contributed by atoms with Gasteiger partial charge in [-0.3, -0.25) is 4.79 Å². The van der Waals surface area contributed by atoms with E-state index in [0.717, 1.165) is 19.3 Å². The molecule has 1 amide bonds. The topological polar surface area (TPSA) is 99.1 Å². The number of carboxylic acid groups (broad SMARTS) is 1. The van der Waals surface area contributed by atoms with E-state index in [2.05, 4.69) is 5.32 Å². The van der Waals surface area contributed by atoms with Gasteiger partial charge in [0.15, 0.2) is 0 Å². The van der Waals surface area contributed by atoms with Gasteiger partial charge >= 0.3 is 12.1 Å². The molecule has 7 nitrogen and oxygen atoms in total. The molecule has 0 atom stereocenters. The molecule has 1 saturated carbocycles. The van der Waals surface area contributed by atoms with E-state index in [9.17, 15) is 14.7 Å². The van der Waals surface area contributed by atoms with E-state index in [0.29, 0.717) is 6.54 Å². The first kappa shape index (κ1) is 17.0. The minimum atomic E-state index is -0.920. The second-order valence-corrected chi connectivity index (χ2v) is 7.62. The van der Waals surface area contributed by atoms with Gasteiger partial charge in [0, 0.05) is 19.6 Å². The molecule has 1 heterocycles. The lowest BCUT2D eigenvalue weighted by Crippen LogP contribution is -2.72. The van der Waals surface area contributed by atoms with E-state index in [1.807, 2.05) is 0 Å². The number of β-amino-alcohol motifs (C(OH)–C–C–N with tert-alkyl or cyclic N) is 1. The number of rotatable bonds is 5. The molecule has 1 aliphatic carbocycles. The van der Waals surface area contributed by atoms with Crippen LogP contribution in [0.3, 0.4) is 0 Å². The molecule has 0 unspecified atom stereocenters. The van der Waals surface area contributed by atoms with E-state index in [-0.39, 0.29) is 19.5 Å². The molecule has 126 valence electrons. The lowest BCUT2D eigenvalue weighted by Gasteiger charge is -2.51. The quantitative estimate of drug-likeness (QED) is 0.699. The zero-order chi connectivity index (χ0) is 16.6. The van der Waals surface area contributed by atoms with Gasteiger partial charge < -0.3 is 25.2 Å². The van der Waals surface area contributed by atoms with Crippen molar-refractivity contribution in [3.8, 4) is 0 Å². The number of carbonyl (C=O) groups is 2. The van der Waals surface area contributed by atoms with Gasteiger partial charge in [-0.1, -0.05) is 0 Å². The van der Waals surface area contributed by atoms with Crippen LogP contribution in [0, 0.1) is 0 Å². The van der Waals surface area contributed by atoms with Crippen molar-refractivity contribution in [3.63, 3.8) is 0 Å². The van der Waals surface area contributed by atoms with Crippen LogP contribution in [-0.2, 0) is 9.53 Å². The maximum absolute atomic E-state index is 12.0. The smallest absolute Gasteiger partial charge is 0.410 e. The van der Waals surface area contributed by atoms with Crippen LogP contribution in [0.1, 0.15) is 46.5 Å². The number of nitrogens with zero attached hydrogens (tertiary/aromatic N) is 1. The Bertz CT molecular complexity index is 447. The number of ether oxygens (including phenoxy) is 1. The lowest BCUT2D eigenvalue weighted by molar-refractivity contribution is -0.141. The van der Waals surface area contributed by atoms with Crippen LogP contribution < -0.4 is 5.32 Å². The summed E-state index contributed by atoms with van der Waals surface area (Å²) in [5, 5.41) is 22.4. The van der Waals surface area contributed by atoms with Gasteiger partial charge in [0.25, 0.3) is 0 Å². The normalized spacial score (nSPS) is 22.5. The summed E-state index contributed by atoms with van der Waals surface area (Å²) >= 11 is 0. The monoisotopic (exact) mass is 314 g/mol. The standard InChI is InChI=1S/C15H26N2O5/c1-13(2,3)22-12(20)17-9-14(10-17,7-11(18)19)16-8-15(21)5-4-6-15/h16,21H,4-10H2,1-3H3,(H,18,19). The minimum absolute atomic E-state index is 0.0810. The van der Waals surface area contributed by atoms with Crippen LogP contribution in [0.5, 0.6) is 0 Å². The van der Waals surface area contributed by atoms with Crippen molar-refractivity contribution in [2.45, 2.75) is 63.2 Å². The molecule has 0 aromatic carbocycles. The molecule has 0 aromatic rings. The third-order valence-electron chi connectivity index (χ3n) is 4.21. The maximum Gasteiger partial charge on any atom is 0.410 e. The fourth-order valence-corrected chi connectivity index (χ4v) is 2.83. The zero-order valence-electron chi connectivity index (χ0n) is 13.5. The lowest BCUT2D eigenvalue weighted by atomic mass is 9.78. The Kier molecular flexibility index (Phi) is 4.41. The molecule has 1 aliphatic heterocycles. The molecular formula is C15H26N2O5. The van der Waals surface area contributed by atoms with E-state index in [1.165, 1.54) is 4.90 Å². The van der Waals surface area contributed by atoms with Crippen molar-refractivity contribution in [1.29, 1.82) is 0 Å². The van der Waals surface area contributed by atoms with Crippen molar-refractivity contribution in [2.75, 3.05) is 19.6 Å². The van der Waals surface area contributed by atoms with Crippen molar-refractivity contribution in [2.24, 2.45) is 0 Å². The number of carboxylic acids is 1. The number of carbonyl (C=O) groups excluding carboxylic acids is 1. The van der Waals surface area contributed by atoms with Crippen molar-refractivity contribution >= 4 is 12.1 Å². The Morgan fingerprint density at radius 1 is 1.27 bits per heavy atom. The SMILES string of the molecule is CC(C)(C)OC(=O)N1CC(CC(=O)O)(NCC2(O)CCC2)C1. The maximum atomic E-state index is 12.0. The van der Waals surface area contributed by atoms with Crippen LogP contribution in [0.2, 0.25) is 0 Å². The molecule has 2 aliphatic rings. The summed E-state index contributed by atoms with van der Waals surface area (Å²) in [5.74, 6) is -0.920. The molecule has 7 heteroatoms. The van der Waals surface area contributed by atoms with Crippen LogP contribution >= 0.6 is 0 Å². The minimum Gasteiger partial charge on any atom is -0.481 e. The van der Waals surface area contributed by atoms with Gasteiger partial charge in [-0.25, -0.2) is 4.79 Å². The summed E-state index contributed by atoms with van der Waals surface area (Å²) in [5.41, 5.74) is -1.97. The first-order valence-corrected chi connectivity index (χ1v) is 7.70. The number of amides is 1. The van der Waals surface area contributed by atoms with Gasteiger partial charge in [-0.2, -0.15) is 0 Å². The Labute approximate surface area is 130 Å². The van der Waals surface area contributed by atoms with Gasteiger partial charge in [0.2, 0.25) is 0 Å². The van der Waals surface area contributed by atoms with Crippen LogP contribution in [0.4, 0.5) is 4.79 Å². The highest BCUT2D eigenvalue weighted by Crippen LogP contribution is 2.33. The van der Waals surface area contributed by atoms with E-state index < -0.39 is 28.8 Å². The predicted octanol–water partition coefficient (Wildman–Crippen LogP) is 0.955. The first-order chi connectivity index (χ1) is 10.0. The Morgan fingerprint density at radius 3 is 2.27 bits per heavy atom. The number of hydrogen-bond donors (Lipinski definition) is 3. The summed E-state index contributed by atoms with van der Waals surface area (Å²) in [4.78, 5) is 24.5. The van der Waals surface area contributed by atoms with Gasteiger partial charge in [-0.05, 0) is 40.0 Å². The van der Waals surface area contributed by atoms with Crippen LogP contribution in [0.15, 0.2) is 0 Å². The molecule has 2 rings (SSSR count).